The Kier molecular flexibility index (Phi) is 5.70. The molecule has 1 aromatic heterocycles. The van der Waals surface area contributed by atoms with Gasteiger partial charge in [0.05, 0.1) is 30.4 Å². The maximum atomic E-state index is 12.8. The van der Waals surface area contributed by atoms with Crippen molar-refractivity contribution in [3.8, 4) is 5.75 Å². The second kappa shape index (κ2) is 8.57. The number of carbonyl (C=O) groups excluding carboxylic acids is 2. The van der Waals surface area contributed by atoms with E-state index >= 15 is 0 Å². The van der Waals surface area contributed by atoms with Crippen LogP contribution < -0.4 is 10.1 Å². The summed E-state index contributed by atoms with van der Waals surface area (Å²) >= 11 is 0. The van der Waals surface area contributed by atoms with Gasteiger partial charge >= 0.3 is 0 Å². The predicted molar refractivity (Wildman–Crippen MR) is 116 cm³/mol. The first-order valence-electron chi connectivity index (χ1n) is 10.3. The number of fused-ring (bicyclic) bond motifs is 1. The lowest BCUT2D eigenvalue weighted by Gasteiger charge is -2.17. The number of carbonyl (C=O) groups is 2. The molecule has 7 heteroatoms. The van der Waals surface area contributed by atoms with Crippen molar-refractivity contribution in [2.45, 2.75) is 26.3 Å². The van der Waals surface area contributed by atoms with E-state index in [4.69, 9.17) is 4.74 Å². The Labute approximate surface area is 175 Å². The van der Waals surface area contributed by atoms with Crippen LogP contribution in [-0.4, -0.2) is 46.5 Å². The number of amides is 2. The fourth-order valence-electron chi connectivity index (χ4n) is 3.90. The van der Waals surface area contributed by atoms with E-state index in [-0.39, 0.29) is 17.7 Å². The van der Waals surface area contributed by atoms with E-state index in [0.29, 0.717) is 30.8 Å². The van der Waals surface area contributed by atoms with E-state index in [1.54, 1.807) is 36.3 Å². The Morgan fingerprint density at radius 3 is 2.90 bits per heavy atom. The molecule has 1 atom stereocenters. The molecule has 1 fully saturated rings. The largest absolute Gasteiger partial charge is 0.497 e. The van der Waals surface area contributed by atoms with Gasteiger partial charge in [0.15, 0.2) is 0 Å². The molecule has 4 rings (SSSR count). The number of rotatable bonds is 6. The molecule has 0 saturated carbocycles. The highest BCUT2D eigenvalue weighted by atomic mass is 16.5. The lowest BCUT2D eigenvalue weighted by atomic mass is 10.1. The monoisotopic (exact) mass is 406 g/mol. The number of methoxy groups -OCH3 is 1. The highest BCUT2D eigenvalue weighted by Gasteiger charge is 2.31. The minimum Gasteiger partial charge on any atom is -0.497 e. The average molecular weight is 406 g/mol. The van der Waals surface area contributed by atoms with Crippen LogP contribution in [0.2, 0.25) is 0 Å². The minimum atomic E-state index is -0.229. The number of nitrogens with one attached hydrogen (secondary N) is 1. The summed E-state index contributed by atoms with van der Waals surface area (Å²) in [6.45, 7) is 4.02. The van der Waals surface area contributed by atoms with Gasteiger partial charge in [0.25, 0.3) is 5.91 Å². The Morgan fingerprint density at radius 1 is 1.23 bits per heavy atom. The second-order valence-corrected chi connectivity index (χ2v) is 7.60. The van der Waals surface area contributed by atoms with E-state index in [2.05, 4.69) is 21.8 Å². The number of aryl methyl sites for hydroxylation is 1. The summed E-state index contributed by atoms with van der Waals surface area (Å²) in [6.07, 6.45) is 3.52. The van der Waals surface area contributed by atoms with Crippen LogP contribution in [0.3, 0.4) is 0 Å². The van der Waals surface area contributed by atoms with Crippen LogP contribution >= 0.6 is 0 Å². The summed E-state index contributed by atoms with van der Waals surface area (Å²) in [4.78, 5) is 31.7. The Hall–Kier alpha value is -3.35. The molecule has 0 spiro atoms. The number of hydrogen-bond donors (Lipinski definition) is 1. The number of likely N-dealkylation sites (tertiary alicyclic amines) is 1. The van der Waals surface area contributed by atoms with Gasteiger partial charge in [-0.1, -0.05) is 13.0 Å². The molecule has 2 heterocycles. The number of imidazole rings is 1. The van der Waals surface area contributed by atoms with Crippen molar-refractivity contribution < 1.29 is 14.3 Å². The summed E-state index contributed by atoms with van der Waals surface area (Å²) in [5, 5.41) is 2.99. The molecule has 30 heavy (non-hydrogen) atoms. The average Bonchev–Trinajstić information content (AvgIpc) is 3.41. The first-order chi connectivity index (χ1) is 14.6. The molecule has 2 amide bonds. The summed E-state index contributed by atoms with van der Waals surface area (Å²) in [5.41, 5.74) is 3.23. The third kappa shape index (κ3) is 4.01. The molecular weight excluding hydrogens is 380 g/mol. The lowest BCUT2D eigenvalue weighted by Crippen LogP contribution is -2.31. The van der Waals surface area contributed by atoms with Crippen LogP contribution in [0.15, 0.2) is 48.8 Å². The molecule has 2 aromatic carbocycles. The Bertz CT molecular complexity index is 1080. The molecule has 0 aliphatic carbocycles. The topological polar surface area (TPSA) is 76.5 Å². The number of aromatic nitrogens is 2. The zero-order chi connectivity index (χ0) is 21.1. The van der Waals surface area contributed by atoms with Crippen LogP contribution in [-0.2, 0) is 11.3 Å². The normalized spacial score (nSPS) is 16.1. The first-order valence-corrected chi connectivity index (χ1v) is 10.3. The lowest BCUT2D eigenvalue weighted by molar-refractivity contribution is -0.119. The van der Waals surface area contributed by atoms with Gasteiger partial charge in [-0.2, -0.15) is 0 Å². The molecule has 0 bridgehead atoms. The van der Waals surface area contributed by atoms with Crippen molar-refractivity contribution in [2.75, 3.05) is 25.5 Å². The van der Waals surface area contributed by atoms with Crippen molar-refractivity contribution in [1.82, 2.24) is 14.5 Å². The van der Waals surface area contributed by atoms with Gasteiger partial charge < -0.3 is 19.5 Å². The molecule has 3 aromatic rings. The van der Waals surface area contributed by atoms with Gasteiger partial charge in [-0.25, -0.2) is 4.98 Å². The molecule has 1 aliphatic rings. The molecular formula is C23H26N4O3. The molecule has 7 nitrogen and oxygen atoms in total. The van der Waals surface area contributed by atoms with Gasteiger partial charge in [-0.15, -0.1) is 0 Å². The quantitative estimate of drug-likeness (QED) is 0.679. The number of nitrogens with zero attached hydrogens (tertiary/aromatic N) is 3. The second-order valence-electron chi connectivity index (χ2n) is 7.60. The molecule has 156 valence electrons. The van der Waals surface area contributed by atoms with E-state index in [1.807, 2.05) is 24.5 Å². The van der Waals surface area contributed by atoms with E-state index in [1.165, 1.54) is 0 Å². The zero-order valence-corrected chi connectivity index (χ0v) is 17.3. The van der Waals surface area contributed by atoms with Gasteiger partial charge in [0, 0.05) is 30.9 Å². The van der Waals surface area contributed by atoms with Crippen LogP contribution in [0.4, 0.5) is 5.69 Å². The SMILES string of the molecule is CCCn1cnc2cc(NC(=O)C3CCN(C(=O)c4cccc(OC)c4)C3)ccc21. The number of hydrogen-bond acceptors (Lipinski definition) is 4. The molecule has 1 saturated heterocycles. The van der Waals surface area contributed by atoms with Gasteiger partial charge in [-0.3, -0.25) is 9.59 Å². The number of ether oxygens (including phenoxy) is 1. The van der Waals surface area contributed by atoms with Crippen molar-refractivity contribution in [3.63, 3.8) is 0 Å². The molecule has 1 aliphatic heterocycles. The summed E-state index contributed by atoms with van der Waals surface area (Å²) in [5.74, 6) is 0.273. The fourth-order valence-corrected chi connectivity index (χ4v) is 3.90. The Balaban J connectivity index is 1.40. The highest BCUT2D eigenvalue weighted by Crippen LogP contribution is 2.24. The van der Waals surface area contributed by atoms with Crippen molar-refractivity contribution in [2.24, 2.45) is 5.92 Å². The van der Waals surface area contributed by atoms with Crippen LogP contribution in [0.1, 0.15) is 30.1 Å². The van der Waals surface area contributed by atoms with Crippen LogP contribution in [0.25, 0.3) is 11.0 Å². The van der Waals surface area contributed by atoms with Crippen molar-refractivity contribution >= 4 is 28.5 Å². The maximum absolute atomic E-state index is 12.8. The molecule has 0 radical (unpaired) electrons. The molecule has 1 unspecified atom stereocenters. The summed E-state index contributed by atoms with van der Waals surface area (Å²) in [6, 6.07) is 12.9. The smallest absolute Gasteiger partial charge is 0.254 e. The fraction of sp³-hybridized carbons (Fsp3) is 0.348. The highest BCUT2D eigenvalue weighted by molar-refractivity contribution is 5.97. The van der Waals surface area contributed by atoms with Gasteiger partial charge in [0.1, 0.15) is 5.75 Å². The van der Waals surface area contributed by atoms with Crippen LogP contribution in [0.5, 0.6) is 5.75 Å². The third-order valence-electron chi connectivity index (χ3n) is 5.52. The number of benzene rings is 2. The van der Waals surface area contributed by atoms with Crippen LogP contribution in [0, 0.1) is 5.92 Å². The molecule has 1 N–H and O–H groups in total. The van der Waals surface area contributed by atoms with Crippen molar-refractivity contribution in [1.29, 1.82) is 0 Å². The summed E-state index contributed by atoms with van der Waals surface area (Å²) in [7, 11) is 1.57. The van der Waals surface area contributed by atoms with Gasteiger partial charge in [-0.05, 0) is 49.2 Å². The predicted octanol–water partition coefficient (Wildman–Crippen LogP) is 3.56. The number of anilines is 1. The Morgan fingerprint density at radius 2 is 2.10 bits per heavy atom. The van der Waals surface area contributed by atoms with E-state index in [0.717, 1.165) is 29.7 Å². The third-order valence-corrected chi connectivity index (χ3v) is 5.52. The minimum absolute atomic E-state index is 0.0664. The van der Waals surface area contributed by atoms with E-state index in [9.17, 15) is 9.59 Å². The summed E-state index contributed by atoms with van der Waals surface area (Å²) < 4.78 is 7.31. The maximum Gasteiger partial charge on any atom is 0.254 e. The zero-order valence-electron chi connectivity index (χ0n) is 17.3. The van der Waals surface area contributed by atoms with Gasteiger partial charge in [0.2, 0.25) is 5.91 Å². The van der Waals surface area contributed by atoms with Crippen molar-refractivity contribution in [3.05, 3.63) is 54.4 Å². The first kappa shape index (κ1) is 19.9. The van der Waals surface area contributed by atoms with E-state index < -0.39 is 0 Å². The standard InChI is InChI=1S/C23H26N4O3/c1-3-10-27-15-24-20-13-18(7-8-21(20)27)25-22(28)17-9-11-26(14-17)23(29)16-5-4-6-19(12-16)30-2/h4-8,12-13,15,17H,3,9-11,14H2,1-2H3,(H,25,28).